The van der Waals surface area contributed by atoms with Crippen LogP contribution in [0.5, 0.6) is 11.5 Å². The molecule has 2 aliphatic rings. The number of amides is 3. The lowest BCUT2D eigenvalue weighted by Gasteiger charge is -2.30. The summed E-state index contributed by atoms with van der Waals surface area (Å²) < 4.78 is 49.8. The number of nitrogens with zero attached hydrogens (tertiary/aromatic N) is 2. The minimum absolute atomic E-state index is 0.0533. The van der Waals surface area contributed by atoms with Crippen molar-refractivity contribution in [3.63, 3.8) is 0 Å². The highest BCUT2D eigenvalue weighted by molar-refractivity contribution is 6.01. The highest BCUT2D eigenvalue weighted by Gasteiger charge is 2.43. The second kappa shape index (κ2) is 9.45. The van der Waals surface area contributed by atoms with Crippen LogP contribution in [0.15, 0.2) is 18.2 Å². The molecule has 3 rings (SSSR count). The summed E-state index contributed by atoms with van der Waals surface area (Å²) in [6, 6.07) is 4.09. The molecule has 1 atom stereocenters. The molecule has 174 valence electrons. The Labute approximate surface area is 180 Å². The normalized spacial score (nSPS) is 16.3. The molecular formula is C20H21F3N2O7. The summed E-state index contributed by atoms with van der Waals surface area (Å²) in [4.78, 5) is 52.1. The largest absolute Gasteiger partial charge is 0.471 e. The minimum atomic E-state index is -5.09. The van der Waals surface area contributed by atoms with Gasteiger partial charge in [0.2, 0.25) is 6.79 Å². The van der Waals surface area contributed by atoms with Crippen molar-refractivity contribution in [1.82, 2.24) is 9.96 Å². The van der Waals surface area contributed by atoms with E-state index < -0.39 is 35.9 Å². The number of hydrogen-bond acceptors (Lipinski definition) is 7. The quantitative estimate of drug-likeness (QED) is 0.550. The Morgan fingerprint density at radius 1 is 1.16 bits per heavy atom. The Kier molecular flexibility index (Phi) is 6.90. The molecule has 2 aliphatic heterocycles. The molecule has 1 fully saturated rings. The lowest BCUT2D eigenvalue weighted by molar-refractivity contribution is -0.197. The Balaban J connectivity index is 1.60. The molecule has 0 aromatic heterocycles. The first-order valence-electron chi connectivity index (χ1n) is 9.89. The van der Waals surface area contributed by atoms with Gasteiger partial charge < -0.3 is 19.2 Å². The van der Waals surface area contributed by atoms with E-state index in [1.165, 1.54) is 6.92 Å². The van der Waals surface area contributed by atoms with E-state index in [2.05, 4.69) is 4.84 Å². The Bertz CT molecular complexity index is 903. The fraction of sp³-hybridized carbons (Fsp3) is 0.500. The third-order valence-corrected chi connectivity index (χ3v) is 4.98. The third kappa shape index (κ3) is 5.48. The summed E-state index contributed by atoms with van der Waals surface area (Å²) in [5.74, 6) is -3.29. The number of alkyl halides is 3. The summed E-state index contributed by atoms with van der Waals surface area (Å²) in [6.45, 7) is 1.15. The van der Waals surface area contributed by atoms with Gasteiger partial charge in [0.05, 0.1) is 0 Å². The molecule has 0 spiro atoms. The fourth-order valence-corrected chi connectivity index (χ4v) is 3.40. The second-order valence-corrected chi connectivity index (χ2v) is 7.39. The van der Waals surface area contributed by atoms with Gasteiger partial charge in [-0.05, 0) is 37.5 Å². The van der Waals surface area contributed by atoms with E-state index in [0.717, 1.165) is 0 Å². The molecule has 0 saturated carbocycles. The molecule has 1 saturated heterocycles. The monoisotopic (exact) mass is 458 g/mol. The number of fused-ring (bicyclic) bond motifs is 1. The van der Waals surface area contributed by atoms with Crippen molar-refractivity contribution in [2.24, 2.45) is 0 Å². The molecule has 32 heavy (non-hydrogen) atoms. The van der Waals surface area contributed by atoms with Gasteiger partial charge in [-0.1, -0.05) is 6.07 Å². The zero-order chi connectivity index (χ0) is 23.5. The molecule has 2 heterocycles. The summed E-state index contributed by atoms with van der Waals surface area (Å²) in [5.41, 5.74) is 0.646. The number of hydroxylamine groups is 2. The molecule has 1 unspecified atom stereocenters. The predicted molar refractivity (Wildman–Crippen MR) is 99.9 cm³/mol. The zero-order valence-corrected chi connectivity index (χ0v) is 17.1. The first kappa shape index (κ1) is 23.4. The van der Waals surface area contributed by atoms with Gasteiger partial charge in [-0.2, -0.15) is 13.2 Å². The molecule has 0 bridgehead atoms. The number of halogens is 3. The fourth-order valence-electron chi connectivity index (χ4n) is 3.40. The zero-order valence-electron chi connectivity index (χ0n) is 17.1. The minimum Gasteiger partial charge on any atom is -0.454 e. The molecular weight excluding hydrogens is 437 g/mol. The van der Waals surface area contributed by atoms with Crippen LogP contribution in [0.25, 0.3) is 0 Å². The maximum atomic E-state index is 13.1. The summed E-state index contributed by atoms with van der Waals surface area (Å²) >= 11 is 0. The van der Waals surface area contributed by atoms with Crippen LogP contribution in [0.2, 0.25) is 0 Å². The Morgan fingerprint density at radius 2 is 1.81 bits per heavy atom. The highest BCUT2D eigenvalue weighted by Crippen LogP contribution is 2.33. The third-order valence-electron chi connectivity index (χ3n) is 4.98. The smallest absolute Gasteiger partial charge is 0.454 e. The van der Waals surface area contributed by atoms with Crippen molar-refractivity contribution < 1.29 is 46.7 Å². The van der Waals surface area contributed by atoms with E-state index >= 15 is 0 Å². The van der Waals surface area contributed by atoms with Crippen LogP contribution < -0.4 is 9.47 Å². The van der Waals surface area contributed by atoms with Gasteiger partial charge in [0.1, 0.15) is 0 Å². The molecule has 1 aromatic rings. The summed E-state index contributed by atoms with van der Waals surface area (Å²) in [6.07, 6.45) is -5.65. The summed E-state index contributed by atoms with van der Waals surface area (Å²) in [5, 5.41) is 0.364. The van der Waals surface area contributed by atoms with Crippen molar-refractivity contribution in [2.75, 3.05) is 13.3 Å². The van der Waals surface area contributed by atoms with Crippen molar-refractivity contribution >= 4 is 23.7 Å². The van der Waals surface area contributed by atoms with Crippen LogP contribution in [0.4, 0.5) is 13.2 Å². The lowest BCUT2D eigenvalue weighted by atomic mass is 10.0. The van der Waals surface area contributed by atoms with E-state index in [4.69, 9.17) is 9.47 Å². The Hall–Kier alpha value is -3.31. The van der Waals surface area contributed by atoms with E-state index in [9.17, 15) is 32.3 Å². The van der Waals surface area contributed by atoms with Crippen molar-refractivity contribution in [3.8, 4) is 11.5 Å². The van der Waals surface area contributed by atoms with E-state index in [1.807, 2.05) is 0 Å². The highest BCUT2D eigenvalue weighted by atomic mass is 19.4. The van der Waals surface area contributed by atoms with Gasteiger partial charge >= 0.3 is 18.1 Å². The molecule has 9 nitrogen and oxygen atoms in total. The first-order valence-corrected chi connectivity index (χ1v) is 9.89. The topological polar surface area (TPSA) is 102 Å². The average Bonchev–Trinajstić information content (AvgIpc) is 3.31. The Morgan fingerprint density at radius 3 is 2.47 bits per heavy atom. The van der Waals surface area contributed by atoms with E-state index in [0.29, 0.717) is 27.0 Å². The number of carbonyl (C=O) groups excluding carboxylic acids is 4. The van der Waals surface area contributed by atoms with Crippen LogP contribution in [-0.4, -0.2) is 59.2 Å². The summed E-state index contributed by atoms with van der Waals surface area (Å²) in [7, 11) is 0. The lowest BCUT2D eigenvalue weighted by Crippen LogP contribution is -2.47. The molecule has 0 aliphatic carbocycles. The number of imide groups is 1. The number of benzene rings is 1. The molecule has 0 N–H and O–H groups in total. The van der Waals surface area contributed by atoms with Crippen molar-refractivity contribution in [2.45, 2.75) is 51.2 Å². The van der Waals surface area contributed by atoms with Gasteiger partial charge in [0.25, 0.3) is 11.8 Å². The van der Waals surface area contributed by atoms with Gasteiger partial charge in [-0.25, -0.2) is 4.79 Å². The number of ether oxygens (including phenoxy) is 2. The van der Waals surface area contributed by atoms with Gasteiger partial charge in [-0.3, -0.25) is 14.4 Å². The van der Waals surface area contributed by atoms with Crippen LogP contribution in [0.1, 0.15) is 38.2 Å². The molecule has 0 radical (unpaired) electrons. The van der Waals surface area contributed by atoms with Gasteiger partial charge in [-0.15, -0.1) is 5.06 Å². The molecule has 1 aromatic carbocycles. The van der Waals surface area contributed by atoms with Crippen LogP contribution in [-0.2, 0) is 30.4 Å². The second-order valence-electron chi connectivity index (χ2n) is 7.39. The van der Waals surface area contributed by atoms with Crippen molar-refractivity contribution in [1.29, 1.82) is 0 Å². The van der Waals surface area contributed by atoms with E-state index in [1.54, 1.807) is 18.2 Å². The maximum Gasteiger partial charge on any atom is 0.471 e. The number of rotatable bonds is 8. The molecule has 3 amide bonds. The predicted octanol–water partition coefficient (Wildman–Crippen LogP) is 2.12. The number of carbonyl (C=O) groups is 4. The molecule has 12 heteroatoms. The van der Waals surface area contributed by atoms with Crippen molar-refractivity contribution in [3.05, 3.63) is 23.8 Å². The maximum absolute atomic E-state index is 13.1. The average molecular weight is 458 g/mol. The van der Waals surface area contributed by atoms with Gasteiger partial charge in [0, 0.05) is 31.8 Å². The van der Waals surface area contributed by atoms with Gasteiger partial charge in [0.15, 0.2) is 11.5 Å². The van der Waals surface area contributed by atoms with E-state index in [-0.39, 0.29) is 45.4 Å². The SMILES string of the molecule is CC(Cc1ccc2c(c1)OCO2)N(CCCC(=O)ON1C(=O)CCC1=O)C(=O)C(F)(F)F. The first-order chi connectivity index (χ1) is 15.1. The van der Waals surface area contributed by atoms with Crippen LogP contribution in [0, 0.1) is 0 Å². The van der Waals surface area contributed by atoms with Crippen LogP contribution in [0.3, 0.4) is 0 Å². The standard InChI is InChI=1S/C20H21F3N2O7/c1-12(9-13-4-5-14-15(10-13)31-11-30-14)24(19(29)20(21,22)23)8-2-3-18(28)32-25-16(26)6-7-17(25)27/h4-5,10,12H,2-3,6-9,11H2,1H3. The number of hydrogen-bond donors (Lipinski definition) is 0. The van der Waals surface area contributed by atoms with Crippen LogP contribution >= 0.6 is 0 Å².